The van der Waals surface area contributed by atoms with Gasteiger partial charge in [0, 0.05) is 43.9 Å². The molecular formula is C25H29N7O3. The largest absolute Gasteiger partial charge is 0.496 e. The van der Waals surface area contributed by atoms with Crippen molar-refractivity contribution in [3.63, 3.8) is 0 Å². The zero-order valence-corrected chi connectivity index (χ0v) is 20.3. The van der Waals surface area contributed by atoms with Crippen LogP contribution in [0.25, 0.3) is 16.4 Å². The molecule has 0 saturated heterocycles. The molecule has 5 rings (SSSR count). The van der Waals surface area contributed by atoms with Gasteiger partial charge in [0.1, 0.15) is 12.1 Å². The van der Waals surface area contributed by atoms with Gasteiger partial charge in [-0.1, -0.05) is 6.92 Å². The average Bonchev–Trinajstić information content (AvgIpc) is 3.46. The first-order valence-electron chi connectivity index (χ1n) is 11.7. The number of methoxy groups -OCH3 is 1. The van der Waals surface area contributed by atoms with Gasteiger partial charge in [-0.15, -0.1) is 0 Å². The molecule has 35 heavy (non-hydrogen) atoms. The number of anilines is 1. The Morgan fingerprint density at radius 2 is 2.09 bits per heavy atom. The van der Waals surface area contributed by atoms with Crippen molar-refractivity contribution in [3.05, 3.63) is 48.7 Å². The number of aromatic nitrogens is 5. The number of fused-ring (bicyclic) bond motifs is 2. The Hall–Kier alpha value is -3.95. The quantitative estimate of drug-likeness (QED) is 0.473. The number of carbonyl (C=O) groups excluding carboxylic acids is 2. The third-order valence-electron chi connectivity index (χ3n) is 7.15. The van der Waals surface area contributed by atoms with Crippen LogP contribution in [-0.4, -0.2) is 61.3 Å². The summed E-state index contributed by atoms with van der Waals surface area (Å²) in [7, 11) is 3.43. The maximum Gasteiger partial charge on any atom is 0.259 e. The summed E-state index contributed by atoms with van der Waals surface area (Å²) in [4.78, 5) is 30.9. The fourth-order valence-corrected chi connectivity index (χ4v) is 5.07. The summed E-state index contributed by atoms with van der Waals surface area (Å²) in [6, 6.07) is 5.90. The van der Waals surface area contributed by atoms with Crippen molar-refractivity contribution in [1.82, 2.24) is 29.3 Å². The second-order valence-corrected chi connectivity index (χ2v) is 9.28. The van der Waals surface area contributed by atoms with Gasteiger partial charge in [-0.05, 0) is 37.3 Å². The second kappa shape index (κ2) is 9.01. The number of hydrogen-bond acceptors (Lipinski definition) is 6. The Labute approximate surface area is 202 Å². The second-order valence-electron chi connectivity index (χ2n) is 9.28. The van der Waals surface area contributed by atoms with E-state index in [4.69, 9.17) is 9.84 Å². The molecule has 1 aromatic carbocycles. The van der Waals surface area contributed by atoms with Gasteiger partial charge in [-0.3, -0.25) is 14.3 Å². The van der Waals surface area contributed by atoms with Gasteiger partial charge in [0.15, 0.2) is 0 Å². The molecule has 1 fully saturated rings. The van der Waals surface area contributed by atoms with Crippen LogP contribution >= 0.6 is 0 Å². The average molecular weight is 476 g/mol. The van der Waals surface area contributed by atoms with Crippen LogP contribution in [0.5, 0.6) is 5.75 Å². The van der Waals surface area contributed by atoms with Crippen LogP contribution < -0.4 is 10.1 Å². The van der Waals surface area contributed by atoms with Crippen LogP contribution in [0.4, 0.5) is 5.69 Å². The lowest BCUT2D eigenvalue weighted by Gasteiger charge is -2.38. The predicted molar refractivity (Wildman–Crippen MR) is 132 cm³/mol. The molecule has 1 saturated carbocycles. The summed E-state index contributed by atoms with van der Waals surface area (Å²) in [5.74, 6) is 0.631. The number of nitrogens with zero attached hydrogens (tertiary/aromatic N) is 6. The highest BCUT2D eigenvalue weighted by atomic mass is 16.5. The lowest BCUT2D eigenvalue weighted by molar-refractivity contribution is -0.130. The number of ether oxygens (including phenoxy) is 1. The van der Waals surface area contributed by atoms with Crippen LogP contribution in [0.15, 0.2) is 43.1 Å². The van der Waals surface area contributed by atoms with Crippen LogP contribution in [0.1, 0.15) is 49.5 Å². The molecule has 1 N–H and O–H groups in total. The van der Waals surface area contributed by atoms with Gasteiger partial charge >= 0.3 is 0 Å². The molecule has 0 spiro atoms. The molecule has 3 atom stereocenters. The van der Waals surface area contributed by atoms with Gasteiger partial charge < -0.3 is 15.0 Å². The molecule has 182 valence electrons. The van der Waals surface area contributed by atoms with Crippen molar-refractivity contribution in [1.29, 1.82) is 0 Å². The molecule has 0 bridgehead atoms. The molecule has 1 aliphatic rings. The van der Waals surface area contributed by atoms with Crippen molar-refractivity contribution >= 4 is 33.9 Å². The van der Waals surface area contributed by atoms with Crippen LogP contribution in [-0.2, 0) is 4.79 Å². The first kappa shape index (κ1) is 22.8. The Balaban J connectivity index is 1.40. The predicted octanol–water partition coefficient (Wildman–Crippen LogP) is 3.55. The topological polar surface area (TPSA) is 107 Å². The fraction of sp³-hybridized carbons (Fsp3) is 0.400. The molecule has 1 unspecified atom stereocenters. The number of rotatable bonds is 5. The summed E-state index contributed by atoms with van der Waals surface area (Å²) in [5, 5.41) is 12.8. The summed E-state index contributed by atoms with van der Waals surface area (Å²) in [6.45, 7) is 3.83. The molecule has 3 heterocycles. The third kappa shape index (κ3) is 4.20. The van der Waals surface area contributed by atoms with E-state index in [0.717, 1.165) is 35.7 Å². The van der Waals surface area contributed by atoms with Crippen LogP contribution in [0.2, 0.25) is 0 Å². The molecule has 4 aromatic rings. The molecule has 1 aliphatic carbocycles. The van der Waals surface area contributed by atoms with E-state index in [1.807, 2.05) is 28.9 Å². The lowest BCUT2D eigenvalue weighted by Crippen LogP contribution is -2.41. The minimum atomic E-state index is -0.288. The zero-order chi connectivity index (χ0) is 24.7. The van der Waals surface area contributed by atoms with Crippen molar-refractivity contribution in [3.8, 4) is 5.75 Å². The summed E-state index contributed by atoms with van der Waals surface area (Å²) < 4.78 is 9.16. The maximum absolute atomic E-state index is 13.2. The highest BCUT2D eigenvalue weighted by Gasteiger charge is 2.32. The van der Waals surface area contributed by atoms with Crippen molar-refractivity contribution in [2.75, 3.05) is 19.5 Å². The molecule has 10 heteroatoms. The third-order valence-corrected chi connectivity index (χ3v) is 7.15. The zero-order valence-electron chi connectivity index (χ0n) is 20.3. The fourth-order valence-electron chi connectivity index (χ4n) is 5.07. The number of hydrogen-bond donors (Lipinski definition) is 1. The molecule has 2 amide bonds. The minimum Gasteiger partial charge on any atom is -0.496 e. The number of nitrogens with one attached hydrogen (secondary N) is 1. The molecule has 10 nitrogen and oxygen atoms in total. The van der Waals surface area contributed by atoms with Gasteiger partial charge in [0.05, 0.1) is 41.6 Å². The minimum absolute atomic E-state index is 0.101. The van der Waals surface area contributed by atoms with E-state index in [-0.39, 0.29) is 23.9 Å². The normalized spacial score (nSPS) is 20.2. The van der Waals surface area contributed by atoms with E-state index in [1.54, 1.807) is 49.4 Å². The Morgan fingerprint density at radius 1 is 1.26 bits per heavy atom. The van der Waals surface area contributed by atoms with Crippen molar-refractivity contribution in [2.24, 2.45) is 5.92 Å². The number of amides is 2. The van der Waals surface area contributed by atoms with E-state index >= 15 is 0 Å². The summed E-state index contributed by atoms with van der Waals surface area (Å²) >= 11 is 0. The maximum atomic E-state index is 13.2. The van der Waals surface area contributed by atoms with Crippen LogP contribution in [0, 0.1) is 5.92 Å². The monoisotopic (exact) mass is 475 g/mol. The van der Waals surface area contributed by atoms with Gasteiger partial charge in [-0.2, -0.15) is 10.2 Å². The lowest BCUT2D eigenvalue weighted by atomic mass is 9.82. The van der Waals surface area contributed by atoms with Crippen molar-refractivity contribution in [2.45, 2.75) is 45.2 Å². The number of benzene rings is 1. The van der Waals surface area contributed by atoms with Gasteiger partial charge in [-0.25, -0.2) is 9.50 Å². The molecular weight excluding hydrogens is 446 g/mol. The molecule has 3 aromatic heterocycles. The van der Waals surface area contributed by atoms with E-state index in [1.165, 1.54) is 0 Å². The SMILES string of the molecule is COc1cc2nn([C@@H]3CCC(N(C)C(C)=O)C[C@H]3C)cc2cc1C(=O)Nc1cnn2cnccc12. The van der Waals surface area contributed by atoms with E-state index < -0.39 is 0 Å². The highest BCUT2D eigenvalue weighted by molar-refractivity contribution is 6.09. The molecule has 0 radical (unpaired) electrons. The Kier molecular flexibility index (Phi) is 5.88. The standard InChI is InChI=1S/C25H29N7O3/c1-15-9-18(30(3)16(2)33)5-6-22(15)31-13-17-10-19(24(35-4)11-20(17)29-31)25(34)28-21-12-27-32-14-26-8-7-23(21)32/h7-8,10-15,18,22H,5-6,9H2,1-4H3,(H,28,34)/t15-,18?,22-/m1/s1. The first-order chi connectivity index (χ1) is 16.9. The summed E-state index contributed by atoms with van der Waals surface area (Å²) in [6.07, 6.45) is 9.64. The first-order valence-corrected chi connectivity index (χ1v) is 11.7. The van der Waals surface area contributed by atoms with Gasteiger partial charge in [0.25, 0.3) is 5.91 Å². The number of carbonyl (C=O) groups is 2. The van der Waals surface area contributed by atoms with E-state index in [9.17, 15) is 9.59 Å². The Morgan fingerprint density at radius 3 is 2.83 bits per heavy atom. The Bertz CT molecular complexity index is 1410. The van der Waals surface area contributed by atoms with E-state index in [2.05, 4.69) is 22.3 Å². The van der Waals surface area contributed by atoms with Crippen LogP contribution in [0.3, 0.4) is 0 Å². The highest BCUT2D eigenvalue weighted by Crippen LogP contribution is 2.37. The smallest absolute Gasteiger partial charge is 0.259 e. The summed E-state index contributed by atoms with van der Waals surface area (Å²) in [5.41, 5.74) is 2.54. The van der Waals surface area contributed by atoms with E-state index in [0.29, 0.717) is 22.9 Å². The van der Waals surface area contributed by atoms with Crippen molar-refractivity contribution < 1.29 is 14.3 Å². The van der Waals surface area contributed by atoms with Gasteiger partial charge in [0.2, 0.25) is 5.91 Å². The molecule has 0 aliphatic heterocycles.